The average Bonchev–Trinajstić information content (AvgIpc) is 2.69. The van der Waals surface area contributed by atoms with Gasteiger partial charge < -0.3 is 9.64 Å². The van der Waals surface area contributed by atoms with Crippen molar-refractivity contribution >= 4 is 29.1 Å². The third kappa shape index (κ3) is 3.29. The lowest BCUT2D eigenvalue weighted by Gasteiger charge is -2.30. The van der Waals surface area contributed by atoms with Crippen molar-refractivity contribution in [2.45, 2.75) is 12.5 Å². The summed E-state index contributed by atoms with van der Waals surface area (Å²) >= 11 is 12.4. The normalized spacial score (nSPS) is 12.7. The summed E-state index contributed by atoms with van der Waals surface area (Å²) in [5, 5.41) is 0.961. The van der Waals surface area contributed by atoms with Crippen LogP contribution in [0.5, 0.6) is 11.5 Å². The van der Waals surface area contributed by atoms with Crippen LogP contribution in [0.2, 0.25) is 10.0 Å². The molecule has 27 heavy (non-hydrogen) atoms. The van der Waals surface area contributed by atoms with Gasteiger partial charge in [0.2, 0.25) is 5.91 Å². The molecule has 0 unspecified atom stereocenters. The Morgan fingerprint density at radius 2 is 1.52 bits per heavy atom. The van der Waals surface area contributed by atoms with Gasteiger partial charge in [0.1, 0.15) is 11.5 Å². The Bertz CT molecular complexity index is 973. The van der Waals surface area contributed by atoms with Crippen molar-refractivity contribution in [2.75, 3.05) is 7.05 Å². The van der Waals surface area contributed by atoms with E-state index in [-0.39, 0.29) is 5.91 Å². The molecule has 1 amide bonds. The maximum atomic E-state index is 13.4. The summed E-state index contributed by atoms with van der Waals surface area (Å²) in [4.78, 5) is 15.1. The largest absolute Gasteiger partial charge is 0.457 e. The Balaban J connectivity index is 1.70. The van der Waals surface area contributed by atoms with Crippen molar-refractivity contribution in [1.29, 1.82) is 0 Å². The second-order valence-electron chi connectivity index (χ2n) is 6.52. The zero-order valence-electron chi connectivity index (χ0n) is 14.7. The molecule has 0 radical (unpaired) electrons. The lowest BCUT2D eigenvalue weighted by atomic mass is 9.87. The number of hydrogen-bond acceptors (Lipinski definition) is 2. The Labute approximate surface area is 168 Å². The van der Waals surface area contributed by atoms with Crippen molar-refractivity contribution in [3.63, 3.8) is 0 Å². The van der Waals surface area contributed by atoms with Gasteiger partial charge in [0.15, 0.2) is 0 Å². The quantitative estimate of drug-likeness (QED) is 0.551. The number of halogens is 2. The van der Waals surface area contributed by atoms with Gasteiger partial charge in [0.05, 0.1) is 16.0 Å². The number of carbonyl (C=O) groups excluding carboxylic acids is 1. The number of ether oxygens (including phenoxy) is 1. The molecule has 4 rings (SSSR count). The smallest absolute Gasteiger partial charge is 0.234 e. The molecule has 1 aliphatic rings. The number of likely N-dealkylation sites (N-methyl/N-ethyl adjacent to an activating group) is 1. The van der Waals surface area contributed by atoms with Crippen molar-refractivity contribution < 1.29 is 9.53 Å². The van der Waals surface area contributed by atoms with Crippen molar-refractivity contribution in [1.82, 2.24) is 4.90 Å². The minimum absolute atomic E-state index is 0.0192. The number of nitrogens with zero attached hydrogens (tertiary/aromatic N) is 1. The van der Waals surface area contributed by atoms with E-state index in [0.717, 1.165) is 16.7 Å². The Kier molecular flexibility index (Phi) is 4.81. The van der Waals surface area contributed by atoms with Crippen LogP contribution < -0.4 is 4.74 Å². The molecule has 1 aliphatic heterocycles. The molecule has 0 saturated carbocycles. The van der Waals surface area contributed by atoms with Crippen molar-refractivity contribution in [2.24, 2.45) is 0 Å². The SMILES string of the molecule is CN(Cc1cccc(Cl)c1Cl)C(=O)C1c2ccccc2Oc2ccccc21. The molecule has 0 fully saturated rings. The van der Waals surface area contributed by atoms with E-state index in [1.807, 2.05) is 60.7 Å². The minimum Gasteiger partial charge on any atom is -0.457 e. The lowest BCUT2D eigenvalue weighted by molar-refractivity contribution is -0.131. The molecule has 0 saturated heterocycles. The summed E-state index contributed by atoms with van der Waals surface area (Å²) in [5.74, 6) is 0.982. The molecule has 3 nitrogen and oxygen atoms in total. The second-order valence-corrected chi connectivity index (χ2v) is 7.30. The number of rotatable bonds is 3. The highest BCUT2D eigenvalue weighted by atomic mass is 35.5. The van der Waals surface area contributed by atoms with Gasteiger partial charge in [-0.2, -0.15) is 0 Å². The third-order valence-electron chi connectivity index (χ3n) is 4.74. The molecule has 0 spiro atoms. The average molecular weight is 398 g/mol. The molecular formula is C22H17Cl2NO2. The number of benzene rings is 3. The molecule has 0 aliphatic carbocycles. The first-order valence-corrected chi connectivity index (χ1v) is 9.35. The fraction of sp³-hybridized carbons (Fsp3) is 0.136. The molecular weight excluding hydrogens is 381 g/mol. The van der Waals surface area contributed by atoms with Crippen LogP contribution in [0.4, 0.5) is 0 Å². The van der Waals surface area contributed by atoms with Crippen molar-refractivity contribution in [3.05, 3.63) is 93.5 Å². The van der Waals surface area contributed by atoms with Gasteiger partial charge in [-0.05, 0) is 23.8 Å². The molecule has 136 valence electrons. The van der Waals surface area contributed by atoms with E-state index in [4.69, 9.17) is 27.9 Å². The highest BCUT2D eigenvalue weighted by Crippen LogP contribution is 2.44. The first kappa shape index (κ1) is 17.9. The maximum Gasteiger partial charge on any atom is 0.234 e. The number of para-hydroxylation sites is 2. The van der Waals surface area contributed by atoms with E-state index in [1.165, 1.54) is 0 Å². The van der Waals surface area contributed by atoms with Crippen LogP contribution >= 0.6 is 23.2 Å². The fourth-order valence-corrected chi connectivity index (χ4v) is 3.78. The lowest BCUT2D eigenvalue weighted by Crippen LogP contribution is -2.33. The van der Waals surface area contributed by atoms with E-state index >= 15 is 0 Å². The van der Waals surface area contributed by atoms with Crippen LogP contribution in [0.3, 0.4) is 0 Å². The molecule has 0 aromatic heterocycles. The van der Waals surface area contributed by atoms with Gasteiger partial charge in [0, 0.05) is 24.7 Å². The maximum absolute atomic E-state index is 13.4. The van der Waals surface area contributed by atoms with Crippen LogP contribution in [-0.4, -0.2) is 17.9 Å². The van der Waals surface area contributed by atoms with Crippen LogP contribution in [0, 0.1) is 0 Å². The number of fused-ring (bicyclic) bond motifs is 2. The van der Waals surface area contributed by atoms with Crippen LogP contribution in [0.25, 0.3) is 0 Å². The summed E-state index contributed by atoms with van der Waals surface area (Å²) in [6.07, 6.45) is 0. The molecule has 0 N–H and O–H groups in total. The van der Waals surface area contributed by atoms with E-state index in [9.17, 15) is 4.79 Å². The standard InChI is InChI=1S/C22H17Cl2NO2/c1-25(13-14-7-6-10-17(23)21(14)24)22(26)20-15-8-2-4-11-18(15)27-19-12-5-3-9-16(19)20/h2-12,20H,13H2,1H3. The van der Waals surface area contributed by atoms with Crippen LogP contribution in [0.15, 0.2) is 66.7 Å². The number of hydrogen-bond donors (Lipinski definition) is 0. The van der Waals surface area contributed by atoms with Crippen LogP contribution in [-0.2, 0) is 11.3 Å². The summed E-state index contributed by atoms with van der Waals surface area (Å²) in [7, 11) is 1.78. The predicted octanol–water partition coefficient (Wildman–Crippen LogP) is 5.89. The topological polar surface area (TPSA) is 29.5 Å². The summed E-state index contributed by atoms with van der Waals surface area (Å²) in [5.41, 5.74) is 2.55. The van der Waals surface area contributed by atoms with Gasteiger partial charge in [-0.25, -0.2) is 0 Å². The highest BCUT2D eigenvalue weighted by Gasteiger charge is 2.34. The monoisotopic (exact) mass is 397 g/mol. The fourth-order valence-electron chi connectivity index (χ4n) is 3.40. The second kappa shape index (κ2) is 7.26. The van der Waals surface area contributed by atoms with E-state index < -0.39 is 5.92 Å². The zero-order chi connectivity index (χ0) is 19.0. The summed E-state index contributed by atoms with van der Waals surface area (Å²) in [6, 6.07) is 20.8. The van der Waals surface area contributed by atoms with Gasteiger partial charge >= 0.3 is 0 Å². The Morgan fingerprint density at radius 3 is 2.15 bits per heavy atom. The third-order valence-corrected chi connectivity index (χ3v) is 5.60. The predicted molar refractivity (Wildman–Crippen MR) is 108 cm³/mol. The number of carbonyl (C=O) groups is 1. The Hall–Kier alpha value is -2.49. The van der Waals surface area contributed by atoms with Crippen molar-refractivity contribution in [3.8, 4) is 11.5 Å². The van der Waals surface area contributed by atoms with E-state index in [0.29, 0.717) is 28.1 Å². The minimum atomic E-state index is -0.422. The molecule has 0 atom stereocenters. The van der Waals surface area contributed by atoms with Gasteiger partial charge in [-0.1, -0.05) is 71.7 Å². The van der Waals surface area contributed by atoms with Gasteiger partial charge in [-0.15, -0.1) is 0 Å². The zero-order valence-corrected chi connectivity index (χ0v) is 16.2. The Morgan fingerprint density at radius 1 is 0.926 bits per heavy atom. The number of amides is 1. The molecule has 0 bridgehead atoms. The van der Waals surface area contributed by atoms with E-state index in [1.54, 1.807) is 18.0 Å². The highest BCUT2D eigenvalue weighted by molar-refractivity contribution is 6.42. The molecule has 5 heteroatoms. The molecule has 3 aromatic rings. The first-order valence-electron chi connectivity index (χ1n) is 8.60. The molecule has 1 heterocycles. The van der Waals surface area contributed by atoms with Gasteiger partial charge in [0.25, 0.3) is 0 Å². The summed E-state index contributed by atoms with van der Waals surface area (Å²) < 4.78 is 5.98. The van der Waals surface area contributed by atoms with Gasteiger partial charge in [-0.3, -0.25) is 4.79 Å². The first-order chi connectivity index (χ1) is 13.1. The molecule has 3 aromatic carbocycles. The summed E-state index contributed by atoms with van der Waals surface area (Å²) in [6.45, 7) is 0.375. The van der Waals surface area contributed by atoms with E-state index in [2.05, 4.69) is 0 Å². The van der Waals surface area contributed by atoms with Crippen LogP contribution in [0.1, 0.15) is 22.6 Å².